The molecule has 0 radical (unpaired) electrons. The summed E-state index contributed by atoms with van der Waals surface area (Å²) in [7, 11) is 0. The van der Waals surface area contributed by atoms with Crippen molar-refractivity contribution in [3.63, 3.8) is 0 Å². The number of nitrogens with zero attached hydrogens (tertiary/aromatic N) is 1. The first kappa shape index (κ1) is 23.0. The number of hydrogen-bond donors (Lipinski definition) is 0. The standard InChI is InChI=1S/C26H33NO4/c1-5-22-24(30-19-21-14-10-7-11-15-21)23(29-18-20-12-8-6-9-13-20)16-17-27(22)25(28)31-26(2,3)4/h5-15,22-24H,1,16-19H2,2-4H3/t22-,23-,24-/m1/s1. The van der Waals surface area contributed by atoms with E-state index in [4.69, 9.17) is 14.2 Å². The molecule has 1 aliphatic heterocycles. The van der Waals surface area contributed by atoms with Crippen molar-refractivity contribution >= 4 is 6.09 Å². The fraction of sp³-hybridized carbons (Fsp3) is 0.423. The number of likely N-dealkylation sites (tertiary alicyclic amines) is 1. The molecule has 1 aliphatic rings. The van der Waals surface area contributed by atoms with Gasteiger partial charge in [0.05, 0.1) is 25.4 Å². The Hall–Kier alpha value is -2.63. The van der Waals surface area contributed by atoms with Crippen molar-refractivity contribution in [3.8, 4) is 0 Å². The van der Waals surface area contributed by atoms with E-state index in [2.05, 4.69) is 6.58 Å². The minimum atomic E-state index is -0.566. The van der Waals surface area contributed by atoms with Crippen LogP contribution in [0.15, 0.2) is 73.3 Å². The first-order valence-electron chi connectivity index (χ1n) is 10.8. The highest BCUT2D eigenvalue weighted by Crippen LogP contribution is 2.28. The molecule has 0 aromatic heterocycles. The van der Waals surface area contributed by atoms with E-state index in [0.717, 1.165) is 11.1 Å². The zero-order valence-corrected chi connectivity index (χ0v) is 18.7. The van der Waals surface area contributed by atoms with Crippen molar-refractivity contribution in [1.29, 1.82) is 0 Å². The van der Waals surface area contributed by atoms with Gasteiger partial charge in [-0.2, -0.15) is 0 Å². The van der Waals surface area contributed by atoms with Crippen molar-refractivity contribution in [2.24, 2.45) is 0 Å². The van der Waals surface area contributed by atoms with Crippen LogP contribution in [0, 0.1) is 0 Å². The second-order valence-corrected chi connectivity index (χ2v) is 8.78. The molecule has 166 valence electrons. The van der Waals surface area contributed by atoms with Gasteiger partial charge in [0, 0.05) is 6.54 Å². The van der Waals surface area contributed by atoms with E-state index in [1.165, 1.54) is 0 Å². The summed E-state index contributed by atoms with van der Waals surface area (Å²) in [6, 6.07) is 19.7. The van der Waals surface area contributed by atoms with Crippen molar-refractivity contribution in [3.05, 3.63) is 84.4 Å². The third-order valence-corrected chi connectivity index (χ3v) is 5.18. The Morgan fingerprint density at radius 1 is 1.00 bits per heavy atom. The molecule has 1 fully saturated rings. The van der Waals surface area contributed by atoms with E-state index >= 15 is 0 Å². The van der Waals surface area contributed by atoms with E-state index in [-0.39, 0.29) is 24.3 Å². The number of piperidine rings is 1. The van der Waals surface area contributed by atoms with Crippen molar-refractivity contribution in [2.45, 2.75) is 64.3 Å². The molecule has 0 N–H and O–H groups in total. The Morgan fingerprint density at radius 3 is 2.06 bits per heavy atom. The lowest BCUT2D eigenvalue weighted by molar-refractivity contribution is -0.133. The van der Waals surface area contributed by atoms with Gasteiger partial charge >= 0.3 is 6.09 Å². The minimum absolute atomic E-state index is 0.161. The van der Waals surface area contributed by atoms with Crippen LogP contribution >= 0.6 is 0 Å². The summed E-state index contributed by atoms with van der Waals surface area (Å²) < 4.78 is 18.2. The van der Waals surface area contributed by atoms with E-state index in [0.29, 0.717) is 26.2 Å². The lowest BCUT2D eigenvalue weighted by Crippen LogP contribution is -2.58. The smallest absolute Gasteiger partial charge is 0.410 e. The van der Waals surface area contributed by atoms with Gasteiger partial charge in [0.2, 0.25) is 0 Å². The molecule has 5 nitrogen and oxygen atoms in total. The molecule has 0 saturated carbocycles. The maximum absolute atomic E-state index is 12.8. The number of carbonyl (C=O) groups excluding carboxylic acids is 1. The summed E-state index contributed by atoms with van der Waals surface area (Å²) in [6.07, 6.45) is 1.56. The molecule has 3 rings (SSSR count). The van der Waals surface area contributed by atoms with Gasteiger partial charge in [-0.05, 0) is 38.3 Å². The van der Waals surface area contributed by atoms with Crippen LogP contribution in [0.2, 0.25) is 0 Å². The van der Waals surface area contributed by atoms with Gasteiger partial charge in [-0.3, -0.25) is 4.90 Å². The number of ether oxygens (including phenoxy) is 3. The van der Waals surface area contributed by atoms with Crippen LogP contribution in [-0.4, -0.2) is 41.4 Å². The van der Waals surface area contributed by atoms with Gasteiger partial charge in [-0.15, -0.1) is 6.58 Å². The Kier molecular flexibility index (Phi) is 7.88. The Morgan fingerprint density at radius 2 is 1.55 bits per heavy atom. The Bertz CT molecular complexity index is 831. The molecule has 1 heterocycles. The number of amides is 1. The average molecular weight is 424 g/mol. The third kappa shape index (κ3) is 6.68. The monoisotopic (exact) mass is 423 g/mol. The van der Waals surface area contributed by atoms with E-state index in [1.54, 1.807) is 11.0 Å². The predicted octanol–water partition coefficient (Wildman–Crippen LogP) is 5.35. The summed E-state index contributed by atoms with van der Waals surface area (Å²) in [6.45, 7) is 11.0. The van der Waals surface area contributed by atoms with Gasteiger partial charge < -0.3 is 14.2 Å². The van der Waals surface area contributed by atoms with Gasteiger partial charge in [-0.1, -0.05) is 66.7 Å². The van der Waals surface area contributed by atoms with Gasteiger partial charge in [-0.25, -0.2) is 4.79 Å². The SMILES string of the molecule is C=C[C@@H]1[C@@H](OCc2ccccc2)[C@H](OCc2ccccc2)CCN1C(=O)OC(C)(C)C. The molecule has 0 bridgehead atoms. The van der Waals surface area contributed by atoms with E-state index in [1.807, 2.05) is 81.4 Å². The number of rotatable bonds is 7. The van der Waals surface area contributed by atoms with Crippen LogP contribution in [-0.2, 0) is 27.4 Å². The Balaban J connectivity index is 1.75. The summed E-state index contributed by atoms with van der Waals surface area (Å²) in [5.41, 5.74) is 1.61. The van der Waals surface area contributed by atoms with Crippen LogP contribution in [0.5, 0.6) is 0 Å². The molecule has 1 saturated heterocycles. The molecule has 0 spiro atoms. The van der Waals surface area contributed by atoms with Crippen LogP contribution in [0.3, 0.4) is 0 Å². The highest BCUT2D eigenvalue weighted by Gasteiger charge is 2.41. The van der Waals surface area contributed by atoms with Crippen LogP contribution < -0.4 is 0 Å². The third-order valence-electron chi connectivity index (χ3n) is 5.18. The molecular formula is C26H33NO4. The molecule has 0 aliphatic carbocycles. The van der Waals surface area contributed by atoms with Gasteiger partial charge in [0.15, 0.2) is 0 Å². The maximum atomic E-state index is 12.8. The fourth-order valence-corrected chi connectivity index (χ4v) is 3.70. The second kappa shape index (κ2) is 10.6. The van der Waals surface area contributed by atoms with Crippen molar-refractivity contribution in [1.82, 2.24) is 4.90 Å². The zero-order valence-electron chi connectivity index (χ0n) is 18.7. The van der Waals surface area contributed by atoms with Gasteiger partial charge in [0.25, 0.3) is 0 Å². The van der Waals surface area contributed by atoms with E-state index < -0.39 is 5.60 Å². The predicted molar refractivity (Wildman–Crippen MR) is 122 cm³/mol. The molecular weight excluding hydrogens is 390 g/mol. The highest BCUT2D eigenvalue weighted by molar-refractivity contribution is 5.69. The van der Waals surface area contributed by atoms with Crippen molar-refractivity contribution in [2.75, 3.05) is 6.54 Å². The van der Waals surface area contributed by atoms with Crippen LogP contribution in [0.25, 0.3) is 0 Å². The first-order valence-corrected chi connectivity index (χ1v) is 10.8. The van der Waals surface area contributed by atoms with E-state index in [9.17, 15) is 4.79 Å². The quantitative estimate of drug-likeness (QED) is 0.563. The first-order chi connectivity index (χ1) is 14.9. The average Bonchev–Trinajstić information content (AvgIpc) is 2.76. The summed E-state index contributed by atoms with van der Waals surface area (Å²) in [5, 5.41) is 0. The maximum Gasteiger partial charge on any atom is 0.410 e. The molecule has 2 aromatic rings. The fourth-order valence-electron chi connectivity index (χ4n) is 3.70. The van der Waals surface area contributed by atoms with Crippen LogP contribution in [0.4, 0.5) is 4.79 Å². The number of benzene rings is 2. The minimum Gasteiger partial charge on any atom is -0.444 e. The zero-order chi connectivity index (χ0) is 22.3. The topological polar surface area (TPSA) is 48.0 Å². The lowest BCUT2D eigenvalue weighted by Gasteiger charge is -2.43. The summed E-state index contributed by atoms with van der Waals surface area (Å²) in [5.74, 6) is 0. The molecule has 3 atom stereocenters. The highest BCUT2D eigenvalue weighted by atomic mass is 16.6. The normalized spacial score (nSPS) is 21.5. The molecule has 5 heteroatoms. The molecule has 1 amide bonds. The molecule has 31 heavy (non-hydrogen) atoms. The van der Waals surface area contributed by atoms with Gasteiger partial charge in [0.1, 0.15) is 11.7 Å². The number of carbonyl (C=O) groups is 1. The summed E-state index contributed by atoms with van der Waals surface area (Å²) in [4.78, 5) is 14.6. The Labute approximate surface area is 185 Å². The largest absolute Gasteiger partial charge is 0.444 e. The van der Waals surface area contributed by atoms with Crippen LogP contribution in [0.1, 0.15) is 38.3 Å². The van der Waals surface area contributed by atoms with Crippen molar-refractivity contribution < 1.29 is 19.0 Å². The molecule has 0 unspecified atom stereocenters. The molecule has 2 aromatic carbocycles. The second-order valence-electron chi connectivity index (χ2n) is 8.78. The number of hydrogen-bond acceptors (Lipinski definition) is 4. The lowest BCUT2D eigenvalue weighted by atomic mass is 9.95. The summed E-state index contributed by atoms with van der Waals surface area (Å²) >= 11 is 0.